The third-order valence-corrected chi connectivity index (χ3v) is 6.02. The van der Waals surface area contributed by atoms with Crippen LogP contribution >= 0.6 is 0 Å². The highest BCUT2D eigenvalue weighted by atomic mass is 32.2. The SMILES string of the molecule is N#Cc1cccc(C(C2CCS(=O)(=O)CC2)n2cc(N)cn2)c1. The van der Waals surface area contributed by atoms with E-state index in [0.29, 0.717) is 24.1 Å². The molecule has 0 saturated carbocycles. The van der Waals surface area contributed by atoms with Crippen molar-refractivity contribution in [1.82, 2.24) is 9.78 Å². The molecule has 1 atom stereocenters. The fourth-order valence-corrected chi connectivity index (χ4v) is 4.69. The van der Waals surface area contributed by atoms with E-state index in [-0.39, 0.29) is 23.5 Å². The van der Waals surface area contributed by atoms with Crippen LogP contribution in [0.4, 0.5) is 5.69 Å². The number of nitriles is 1. The first-order valence-corrected chi connectivity index (χ1v) is 9.31. The van der Waals surface area contributed by atoms with E-state index >= 15 is 0 Å². The van der Waals surface area contributed by atoms with Crippen molar-refractivity contribution in [2.24, 2.45) is 5.92 Å². The molecule has 0 amide bonds. The summed E-state index contributed by atoms with van der Waals surface area (Å²) in [5.41, 5.74) is 7.89. The maximum absolute atomic E-state index is 11.7. The van der Waals surface area contributed by atoms with Crippen molar-refractivity contribution >= 4 is 15.5 Å². The molecule has 0 radical (unpaired) electrons. The predicted molar refractivity (Wildman–Crippen MR) is 87.3 cm³/mol. The van der Waals surface area contributed by atoms with Crippen LogP contribution in [0, 0.1) is 17.2 Å². The van der Waals surface area contributed by atoms with Crippen LogP contribution in [0.1, 0.15) is 30.0 Å². The molecule has 2 heterocycles. The summed E-state index contributed by atoms with van der Waals surface area (Å²) >= 11 is 0. The lowest BCUT2D eigenvalue weighted by Crippen LogP contribution is -2.30. The Hall–Kier alpha value is -2.33. The minimum Gasteiger partial charge on any atom is -0.396 e. The topological polar surface area (TPSA) is 102 Å². The van der Waals surface area contributed by atoms with E-state index < -0.39 is 9.84 Å². The Morgan fingerprint density at radius 3 is 2.70 bits per heavy atom. The average Bonchev–Trinajstić information content (AvgIpc) is 2.95. The van der Waals surface area contributed by atoms with E-state index in [4.69, 9.17) is 11.0 Å². The molecule has 1 fully saturated rings. The quantitative estimate of drug-likeness (QED) is 0.923. The minimum absolute atomic E-state index is 0.115. The highest BCUT2D eigenvalue weighted by Crippen LogP contribution is 2.35. The largest absolute Gasteiger partial charge is 0.396 e. The molecular formula is C16H18N4O2S. The van der Waals surface area contributed by atoms with E-state index in [1.54, 1.807) is 23.1 Å². The highest BCUT2D eigenvalue weighted by Gasteiger charge is 2.32. The molecule has 1 aromatic heterocycles. The number of aromatic nitrogens is 2. The number of nitrogens with zero attached hydrogens (tertiary/aromatic N) is 3. The van der Waals surface area contributed by atoms with E-state index in [0.717, 1.165) is 5.56 Å². The number of sulfone groups is 1. The van der Waals surface area contributed by atoms with Crippen LogP contribution < -0.4 is 5.73 Å². The molecule has 120 valence electrons. The second kappa shape index (κ2) is 6.05. The van der Waals surface area contributed by atoms with Crippen LogP contribution in [0.5, 0.6) is 0 Å². The summed E-state index contributed by atoms with van der Waals surface area (Å²) in [6.07, 6.45) is 4.51. The lowest BCUT2D eigenvalue weighted by Gasteiger charge is -2.31. The van der Waals surface area contributed by atoms with Gasteiger partial charge in [0.15, 0.2) is 0 Å². The number of hydrogen-bond donors (Lipinski definition) is 1. The smallest absolute Gasteiger partial charge is 0.150 e. The molecule has 23 heavy (non-hydrogen) atoms. The van der Waals surface area contributed by atoms with Gasteiger partial charge in [-0.1, -0.05) is 12.1 Å². The summed E-state index contributed by atoms with van der Waals surface area (Å²) in [7, 11) is -2.93. The standard InChI is InChI=1S/C16H18N4O2S/c17-9-12-2-1-3-14(8-12)16(20-11-15(18)10-19-20)13-4-6-23(21,22)7-5-13/h1-3,8,10-11,13,16H,4-7,18H2. The van der Waals surface area contributed by atoms with Crippen LogP contribution in [0.2, 0.25) is 0 Å². The van der Waals surface area contributed by atoms with Crippen LogP contribution in [0.3, 0.4) is 0 Å². The number of hydrogen-bond acceptors (Lipinski definition) is 5. The van der Waals surface area contributed by atoms with Crippen LogP contribution in [0.25, 0.3) is 0 Å². The highest BCUT2D eigenvalue weighted by molar-refractivity contribution is 7.91. The van der Waals surface area contributed by atoms with Gasteiger partial charge in [-0.3, -0.25) is 4.68 Å². The molecule has 1 unspecified atom stereocenters. The molecule has 3 rings (SSSR count). The van der Waals surface area contributed by atoms with Gasteiger partial charge in [0.25, 0.3) is 0 Å². The summed E-state index contributed by atoms with van der Waals surface area (Å²) in [6, 6.07) is 9.41. The number of benzene rings is 1. The van der Waals surface area contributed by atoms with Gasteiger partial charge in [0.2, 0.25) is 0 Å². The molecule has 6 nitrogen and oxygen atoms in total. The zero-order chi connectivity index (χ0) is 16.4. The van der Waals surface area contributed by atoms with Crippen LogP contribution in [-0.2, 0) is 9.84 Å². The van der Waals surface area contributed by atoms with Gasteiger partial charge >= 0.3 is 0 Å². The molecule has 7 heteroatoms. The van der Waals surface area contributed by atoms with Crippen LogP contribution in [-0.4, -0.2) is 29.7 Å². The van der Waals surface area contributed by atoms with E-state index in [9.17, 15) is 8.42 Å². The number of nitrogen functional groups attached to an aromatic ring is 1. The maximum Gasteiger partial charge on any atom is 0.150 e. The van der Waals surface area contributed by atoms with Crippen molar-refractivity contribution in [3.63, 3.8) is 0 Å². The Morgan fingerprint density at radius 2 is 2.09 bits per heavy atom. The lowest BCUT2D eigenvalue weighted by molar-refractivity contribution is 0.326. The van der Waals surface area contributed by atoms with Crippen molar-refractivity contribution in [3.05, 3.63) is 47.8 Å². The lowest BCUT2D eigenvalue weighted by atomic mass is 9.88. The number of rotatable bonds is 3. The monoisotopic (exact) mass is 330 g/mol. The van der Waals surface area contributed by atoms with E-state index in [1.807, 2.05) is 18.2 Å². The molecule has 1 aliphatic heterocycles. The van der Waals surface area contributed by atoms with Gasteiger partial charge in [-0.15, -0.1) is 0 Å². The molecule has 1 aromatic carbocycles. The summed E-state index contributed by atoms with van der Waals surface area (Å²) < 4.78 is 25.2. The number of nitrogens with two attached hydrogens (primary N) is 1. The first-order chi connectivity index (χ1) is 11.0. The minimum atomic E-state index is -2.93. The zero-order valence-electron chi connectivity index (χ0n) is 12.6. The van der Waals surface area contributed by atoms with E-state index in [2.05, 4.69) is 11.2 Å². The van der Waals surface area contributed by atoms with E-state index in [1.165, 1.54) is 0 Å². The van der Waals surface area contributed by atoms with Crippen molar-refractivity contribution in [1.29, 1.82) is 5.26 Å². The molecular weight excluding hydrogens is 312 g/mol. The second-order valence-electron chi connectivity index (χ2n) is 5.93. The van der Waals surface area contributed by atoms with Gasteiger partial charge in [-0.2, -0.15) is 10.4 Å². The first kappa shape index (κ1) is 15.6. The molecule has 1 aliphatic rings. The fraction of sp³-hybridized carbons (Fsp3) is 0.375. The molecule has 2 aromatic rings. The molecule has 0 spiro atoms. The first-order valence-electron chi connectivity index (χ1n) is 7.48. The van der Waals surface area contributed by atoms with Crippen molar-refractivity contribution in [2.45, 2.75) is 18.9 Å². The number of anilines is 1. The Morgan fingerprint density at radius 1 is 1.35 bits per heavy atom. The van der Waals surface area contributed by atoms with Crippen LogP contribution in [0.15, 0.2) is 36.7 Å². The Kier molecular flexibility index (Phi) is 4.09. The Balaban J connectivity index is 1.99. The molecule has 0 bridgehead atoms. The van der Waals surface area contributed by atoms with Gasteiger partial charge < -0.3 is 5.73 Å². The summed E-state index contributed by atoms with van der Waals surface area (Å²) in [6.45, 7) is 0. The second-order valence-corrected chi connectivity index (χ2v) is 8.23. The molecule has 0 aliphatic carbocycles. The molecule has 1 saturated heterocycles. The van der Waals surface area contributed by atoms with Crippen molar-refractivity contribution in [2.75, 3.05) is 17.2 Å². The van der Waals surface area contributed by atoms with Gasteiger partial charge in [0, 0.05) is 6.20 Å². The Labute approximate surface area is 135 Å². The summed E-state index contributed by atoms with van der Waals surface area (Å²) in [5, 5.41) is 13.4. The van der Waals surface area contributed by atoms with Gasteiger partial charge in [0.1, 0.15) is 9.84 Å². The fourth-order valence-electron chi connectivity index (χ4n) is 3.16. The van der Waals surface area contributed by atoms with Gasteiger partial charge in [0.05, 0.1) is 41.1 Å². The van der Waals surface area contributed by atoms with Gasteiger partial charge in [-0.05, 0) is 36.5 Å². The van der Waals surface area contributed by atoms with Crippen molar-refractivity contribution in [3.8, 4) is 6.07 Å². The summed E-state index contributed by atoms with van der Waals surface area (Å²) in [4.78, 5) is 0. The molecule has 2 N–H and O–H groups in total. The summed E-state index contributed by atoms with van der Waals surface area (Å²) in [5.74, 6) is 0.540. The third kappa shape index (κ3) is 3.37. The normalized spacial score (nSPS) is 19.1. The zero-order valence-corrected chi connectivity index (χ0v) is 13.4. The predicted octanol–water partition coefficient (Wildman–Crippen LogP) is 1.75. The maximum atomic E-state index is 11.7. The third-order valence-electron chi connectivity index (χ3n) is 4.31. The van der Waals surface area contributed by atoms with Crippen molar-refractivity contribution < 1.29 is 8.42 Å². The Bertz CT molecular complexity index is 837. The van der Waals surface area contributed by atoms with Gasteiger partial charge in [-0.25, -0.2) is 8.42 Å². The average molecular weight is 330 g/mol.